The lowest BCUT2D eigenvalue weighted by Crippen LogP contribution is -2.14. The van der Waals surface area contributed by atoms with Gasteiger partial charge in [0.15, 0.2) is 11.4 Å². The normalized spacial score (nSPS) is 10.6. The number of nitrogens with zero attached hydrogens (tertiary/aromatic N) is 3. The Labute approximate surface area is 210 Å². The molecule has 0 spiro atoms. The predicted molar refractivity (Wildman–Crippen MR) is 137 cm³/mol. The van der Waals surface area contributed by atoms with Gasteiger partial charge in [-0.15, -0.1) is 0 Å². The zero-order chi connectivity index (χ0) is 25.8. The van der Waals surface area contributed by atoms with Gasteiger partial charge in [-0.25, -0.2) is 9.07 Å². The van der Waals surface area contributed by atoms with E-state index in [1.165, 1.54) is 47.1 Å². The molecule has 0 saturated heterocycles. The highest BCUT2D eigenvalue weighted by Gasteiger charge is 2.23. The number of hydrogen-bond acceptors (Lipinski definition) is 5. The van der Waals surface area contributed by atoms with Crippen LogP contribution in [0, 0.1) is 15.9 Å². The Morgan fingerprint density at radius 2 is 1.57 bits per heavy atom. The van der Waals surface area contributed by atoms with Gasteiger partial charge in [-0.3, -0.25) is 14.9 Å². The average Bonchev–Trinajstić information content (AvgIpc) is 3.36. The number of nitro groups is 1. The number of carbonyl (C=O) groups excluding carboxylic acids is 1. The summed E-state index contributed by atoms with van der Waals surface area (Å²) in [5.41, 5.74) is 1.31. The second-order valence-corrected chi connectivity index (χ2v) is 7.94. The van der Waals surface area contributed by atoms with Crippen LogP contribution < -0.4 is 10.1 Å². The largest absolute Gasteiger partial charge is 0.455 e. The van der Waals surface area contributed by atoms with Crippen LogP contribution in [-0.2, 0) is 0 Å². The van der Waals surface area contributed by atoms with Gasteiger partial charge in [0, 0.05) is 11.6 Å². The number of nitrogens with one attached hydrogen (secondary N) is 1. The highest BCUT2D eigenvalue weighted by molar-refractivity contribution is 6.04. The van der Waals surface area contributed by atoms with Gasteiger partial charge >= 0.3 is 0 Å². The van der Waals surface area contributed by atoms with Crippen molar-refractivity contribution < 1.29 is 18.8 Å². The molecule has 9 heteroatoms. The standard InChI is InChI=1S/C28H19FN4O4/c29-20-16-14-19(15-17-20)26-18-23(31-32(26)24-11-5-6-12-25(24)33(35)36)28(34)30-22-10-4-7-13-27(22)37-21-8-2-1-3-9-21/h1-18H,(H,30,34). The molecular formula is C28H19FN4O4. The number of ether oxygens (including phenoxy) is 1. The monoisotopic (exact) mass is 494 g/mol. The number of benzene rings is 4. The first kappa shape index (κ1) is 23.4. The molecule has 0 aliphatic heterocycles. The molecule has 0 saturated carbocycles. The molecule has 4 aromatic carbocycles. The van der Waals surface area contributed by atoms with Gasteiger partial charge in [0.25, 0.3) is 11.6 Å². The predicted octanol–water partition coefficient (Wildman–Crippen LogP) is 6.63. The van der Waals surface area contributed by atoms with Crippen molar-refractivity contribution in [2.75, 3.05) is 5.32 Å². The molecule has 0 fully saturated rings. The summed E-state index contributed by atoms with van der Waals surface area (Å²) in [6, 6.07) is 29.2. The molecule has 0 radical (unpaired) electrons. The third kappa shape index (κ3) is 5.06. The number of aromatic nitrogens is 2. The lowest BCUT2D eigenvalue weighted by Gasteiger charge is -2.11. The average molecular weight is 494 g/mol. The number of anilines is 1. The van der Waals surface area contributed by atoms with Crippen LogP contribution >= 0.6 is 0 Å². The SMILES string of the molecule is O=C(Nc1ccccc1Oc1ccccc1)c1cc(-c2ccc(F)cc2)n(-c2ccccc2[N+](=O)[O-])n1. The quantitative estimate of drug-likeness (QED) is 0.202. The summed E-state index contributed by atoms with van der Waals surface area (Å²) in [5, 5.41) is 18.9. The van der Waals surface area contributed by atoms with E-state index in [2.05, 4.69) is 10.4 Å². The van der Waals surface area contributed by atoms with E-state index < -0.39 is 16.6 Å². The van der Waals surface area contributed by atoms with Crippen molar-refractivity contribution in [3.8, 4) is 28.4 Å². The summed E-state index contributed by atoms with van der Waals surface area (Å²) in [6.07, 6.45) is 0. The van der Waals surface area contributed by atoms with Crippen LogP contribution in [0.1, 0.15) is 10.5 Å². The van der Waals surface area contributed by atoms with Gasteiger partial charge in [0.1, 0.15) is 17.3 Å². The Morgan fingerprint density at radius 3 is 2.32 bits per heavy atom. The lowest BCUT2D eigenvalue weighted by atomic mass is 10.1. The number of rotatable bonds is 7. The van der Waals surface area contributed by atoms with Gasteiger partial charge in [0.2, 0.25) is 0 Å². The minimum Gasteiger partial charge on any atom is -0.455 e. The molecule has 5 rings (SSSR count). The van der Waals surface area contributed by atoms with Crippen molar-refractivity contribution in [1.29, 1.82) is 0 Å². The summed E-state index contributed by atoms with van der Waals surface area (Å²) < 4.78 is 20.8. The van der Waals surface area contributed by atoms with Gasteiger partial charge in [-0.1, -0.05) is 42.5 Å². The number of amides is 1. The summed E-state index contributed by atoms with van der Waals surface area (Å²) in [5.74, 6) is 0.0423. The highest BCUT2D eigenvalue weighted by Crippen LogP contribution is 2.32. The molecule has 0 atom stereocenters. The molecule has 0 aliphatic rings. The number of carbonyl (C=O) groups is 1. The van der Waals surface area contributed by atoms with Crippen molar-refractivity contribution in [3.05, 3.63) is 131 Å². The third-order valence-electron chi connectivity index (χ3n) is 5.49. The zero-order valence-corrected chi connectivity index (χ0v) is 19.2. The minimum atomic E-state index is -0.551. The Kier molecular flexibility index (Phi) is 6.41. The Bertz CT molecular complexity index is 1580. The van der Waals surface area contributed by atoms with Crippen molar-refractivity contribution in [3.63, 3.8) is 0 Å². The Hall–Kier alpha value is -5.31. The third-order valence-corrected chi connectivity index (χ3v) is 5.49. The van der Waals surface area contributed by atoms with E-state index in [-0.39, 0.29) is 17.1 Å². The van der Waals surface area contributed by atoms with Crippen molar-refractivity contribution in [2.24, 2.45) is 0 Å². The smallest absolute Gasteiger partial charge is 0.294 e. The van der Waals surface area contributed by atoms with Crippen LogP contribution in [0.15, 0.2) is 109 Å². The van der Waals surface area contributed by atoms with Crippen LogP contribution in [-0.4, -0.2) is 20.6 Å². The number of para-hydroxylation sites is 5. The fraction of sp³-hybridized carbons (Fsp3) is 0. The molecule has 182 valence electrons. The van der Waals surface area contributed by atoms with E-state index in [9.17, 15) is 19.3 Å². The highest BCUT2D eigenvalue weighted by atomic mass is 19.1. The summed E-state index contributed by atoms with van der Waals surface area (Å²) in [4.78, 5) is 24.4. The maximum Gasteiger partial charge on any atom is 0.294 e. The molecule has 0 aliphatic carbocycles. The van der Waals surface area contributed by atoms with E-state index in [0.29, 0.717) is 28.4 Å². The fourth-order valence-electron chi connectivity index (χ4n) is 3.76. The second-order valence-electron chi connectivity index (χ2n) is 7.94. The molecule has 5 aromatic rings. The van der Waals surface area contributed by atoms with Crippen LogP contribution in [0.4, 0.5) is 15.8 Å². The maximum atomic E-state index is 13.6. The lowest BCUT2D eigenvalue weighted by molar-refractivity contribution is -0.384. The number of nitro benzene ring substituents is 1. The van der Waals surface area contributed by atoms with Crippen LogP contribution in [0.2, 0.25) is 0 Å². The zero-order valence-electron chi connectivity index (χ0n) is 19.2. The minimum absolute atomic E-state index is 0.00647. The first-order valence-electron chi connectivity index (χ1n) is 11.2. The number of halogens is 1. The van der Waals surface area contributed by atoms with Crippen LogP contribution in [0.25, 0.3) is 16.9 Å². The van der Waals surface area contributed by atoms with Crippen molar-refractivity contribution in [2.45, 2.75) is 0 Å². The summed E-state index contributed by atoms with van der Waals surface area (Å²) in [7, 11) is 0. The fourth-order valence-corrected chi connectivity index (χ4v) is 3.76. The van der Waals surface area contributed by atoms with E-state index in [1.807, 2.05) is 18.2 Å². The van der Waals surface area contributed by atoms with E-state index >= 15 is 0 Å². The van der Waals surface area contributed by atoms with Crippen LogP contribution in [0.3, 0.4) is 0 Å². The molecule has 1 N–H and O–H groups in total. The molecule has 0 unspecified atom stereocenters. The van der Waals surface area contributed by atoms with Gasteiger partial charge in [-0.05, 0) is 60.7 Å². The van der Waals surface area contributed by atoms with E-state index in [0.717, 1.165) is 0 Å². The molecule has 37 heavy (non-hydrogen) atoms. The first-order valence-corrected chi connectivity index (χ1v) is 11.2. The van der Waals surface area contributed by atoms with E-state index in [1.54, 1.807) is 48.5 Å². The molecule has 1 amide bonds. The second kappa shape index (κ2) is 10.1. The molecule has 0 bridgehead atoms. The Morgan fingerprint density at radius 1 is 0.892 bits per heavy atom. The Balaban J connectivity index is 1.53. The van der Waals surface area contributed by atoms with Gasteiger partial charge in [-0.2, -0.15) is 5.10 Å². The van der Waals surface area contributed by atoms with Crippen molar-refractivity contribution in [1.82, 2.24) is 9.78 Å². The summed E-state index contributed by atoms with van der Waals surface area (Å²) in [6.45, 7) is 0. The number of hydrogen-bond donors (Lipinski definition) is 1. The van der Waals surface area contributed by atoms with Gasteiger partial charge < -0.3 is 10.1 Å². The van der Waals surface area contributed by atoms with Crippen molar-refractivity contribution >= 4 is 17.3 Å². The molecule has 1 heterocycles. The van der Waals surface area contributed by atoms with Gasteiger partial charge in [0.05, 0.1) is 16.3 Å². The topological polar surface area (TPSA) is 99.3 Å². The molecule has 1 aromatic heterocycles. The molecule has 8 nitrogen and oxygen atoms in total. The summed E-state index contributed by atoms with van der Waals surface area (Å²) >= 11 is 0. The van der Waals surface area contributed by atoms with E-state index in [4.69, 9.17) is 4.74 Å². The maximum absolute atomic E-state index is 13.6. The van der Waals surface area contributed by atoms with Crippen LogP contribution in [0.5, 0.6) is 11.5 Å². The first-order chi connectivity index (χ1) is 18.0. The molecular weight excluding hydrogens is 475 g/mol.